The predicted octanol–water partition coefficient (Wildman–Crippen LogP) is 3.66. The van der Waals surface area contributed by atoms with Crippen molar-refractivity contribution in [2.24, 2.45) is 0 Å². The normalized spacial score (nSPS) is 10.5. The van der Waals surface area contributed by atoms with Crippen molar-refractivity contribution < 1.29 is 4.39 Å². The number of halogens is 2. The van der Waals surface area contributed by atoms with Gasteiger partial charge < -0.3 is 0 Å². The molecule has 0 spiro atoms. The summed E-state index contributed by atoms with van der Waals surface area (Å²) in [4.78, 5) is 7.72. The molecule has 82 valence electrons. The summed E-state index contributed by atoms with van der Waals surface area (Å²) in [5.41, 5.74) is 3.28. The van der Waals surface area contributed by atoms with E-state index in [9.17, 15) is 4.39 Å². The average molecular weight is 281 g/mol. The first kappa shape index (κ1) is 11.2. The Balaban J connectivity index is 2.63. The Hall–Kier alpha value is -1.29. The topological polar surface area (TPSA) is 25.8 Å². The lowest BCUT2D eigenvalue weighted by Crippen LogP contribution is -1.94. The molecule has 0 atom stereocenters. The van der Waals surface area contributed by atoms with Crippen LogP contribution in [0.3, 0.4) is 0 Å². The molecule has 0 aliphatic rings. The van der Waals surface area contributed by atoms with Crippen LogP contribution < -0.4 is 0 Å². The molecule has 0 aliphatic carbocycles. The molecule has 4 heteroatoms. The van der Waals surface area contributed by atoms with E-state index in [-0.39, 0.29) is 4.60 Å². The van der Waals surface area contributed by atoms with E-state index >= 15 is 0 Å². The predicted molar refractivity (Wildman–Crippen MR) is 64.6 cm³/mol. The number of aromatic nitrogens is 2. The molecular formula is C12H10BrFN2. The molecule has 0 aliphatic heterocycles. The molecule has 1 aromatic heterocycles. The van der Waals surface area contributed by atoms with Crippen molar-refractivity contribution in [3.05, 3.63) is 46.1 Å². The van der Waals surface area contributed by atoms with E-state index in [4.69, 9.17) is 0 Å². The van der Waals surface area contributed by atoms with Crippen molar-refractivity contribution in [2.75, 3.05) is 0 Å². The molecule has 0 N–H and O–H groups in total. The minimum absolute atomic E-state index is 0.191. The maximum absolute atomic E-state index is 13.8. The van der Waals surface area contributed by atoms with Crippen molar-refractivity contribution in [3.63, 3.8) is 0 Å². The van der Waals surface area contributed by atoms with Gasteiger partial charge in [-0.2, -0.15) is 0 Å². The quantitative estimate of drug-likeness (QED) is 0.745. The van der Waals surface area contributed by atoms with Gasteiger partial charge in [0.15, 0.2) is 5.82 Å². The van der Waals surface area contributed by atoms with Crippen LogP contribution in [0.15, 0.2) is 29.1 Å². The van der Waals surface area contributed by atoms with Crippen molar-refractivity contribution in [1.82, 2.24) is 9.97 Å². The van der Waals surface area contributed by atoms with Crippen LogP contribution in [0.25, 0.3) is 11.3 Å². The number of hydrogen-bond acceptors (Lipinski definition) is 2. The third kappa shape index (κ3) is 2.11. The van der Waals surface area contributed by atoms with Gasteiger partial charge >= 0.3 is 0 Å². The summed E-state index contributed by atoms with van der Waals surface area (Å²) < 4.78 is 14.0. The summed E-state index contributed by atoms with van der Waals surface area (Å²) >= 11 is 3.05. The highest BCUT2D eigenvalue weighted by Crippen LogP contribution is 2.25. The van der Waals surface area contributed by atoms with Crippen molar-refractivity contribution >= 4 is 15.9 Å². The van der Waals surface area contributed by atoms with Crippen LogP contribution in [0.1, 0.15) is 11.1 Å². The summed E-state index contributed by atoms with van der Waals surface area (Å²) in [5, 5.41) is 0. The number of hydrogen-bond donors (Lipinski definition) is 0. The van der Waals surface area contributed by atoms with Gasteiger partial charge in [-0.05, 0) is 41.9 Å². The van der Waals surface area contributed by atoms with Gasteiger partial charge in [0.25, 0.3) is 0 Å². The van der Waals surface area contributed by atoms with E-state index in [1.807, 2.05) is 32.0 Å². The van der Waals surface area contributed by atoms with Crippen LogP contribution in [0.5, 0.6) is 0 Å². The first-order valence-corrected chi connectivity index (χ1v) is 5.62. The first-order chi connectivity index (χ1) is 7.58. The SMILES string of the molecule is Cc1cc(C)cc(-c2ncnc(Br)c2F)c1. The molecule has 0 radical (unpaired) electrons. The van der Waals surface area contributed by atoms with Crippen molar-refractivity contribution in [1.29, 1.82) is 0 Å². The van der Waals surface area contributed by atoms with Crippen LogP contribution in [-0.2, 0) is 0 Å². The number of benzene rings is 1. The average Bonchev–Trinajstić information content (AvgIpc) is 2.20. The van der Waals surface area contributed by atoms with E-state index in [0.717, 1.165) is 16.7 Å². The van der Waals surface area contributed by atoms with Gasteiger partial charge in [0.05, 0.1) is 0 Å². The molecule has 0 amide bonds. The molecule has 1 aromatic carbocycles. The molecule has 0 bridgehead atoms. The third-order valence-corrected chi connectivity index (χ3v) is 2.79. The Morgan fingerprint density at radius 3 is 2.31 bits per heavy atom. The van der Waals surface area contributed by atoms with E-state index in [1.165, 1.54) is 6.33 Å². The Morgan fingerprint density at radius 2 is 1.69 bits per heavy atom. The monoisotopic (exact) mass is 280 g/mol. The molecule has 0 saturated heterocycles. The maximum atomic E-state index is 13.8. The molecule has 2 aromatic rings. The lowest BCUT2D eigenvalue weighted by Gasteiger charge is -2.05. The third-order valence-electron chi connectivity index (χ3n) is 2.24. The van der Waals surface area contributed by atoms with Gasteiger partial charge in [-0.3, -0.25) is 0 Å². The highest BCUT2D eigenvalue weighted by atomic mass is 79.9. The van der Waals surface area contributed by atoms with E-state index in [2.05, 4.69) is 25.9 Å². The zero-order valence-electron chi connectivity index (χ0n) is 8.96. The van der Waals surface area contributed by atoms with Crippen LogP contribution in [0, 0.1) is 19.7 Å². The lowest BCUT2D eigenvalue weighted by atomic mass is 10.0. The number of nitrogens with zero attached hydrogens (tertiary/aromatic N) is 2. The van der Waals surface area contributed by atoms with Gasteiger partial charge in [0.2, 0.25) is 0 Å². The van der Waals surface area contributed by atoms with Crippen LogP contribution >= 0.6 is 15.9 Å². The Labute approximate surface area is 102 Å². The summed E-state index contributed by atoms with van der Waals surface area (Å²) in [6, 6.07) is 5.85. The summed E-state index contributed by atoms with van der Waals surface area (Å²) in [7, 11) is 0. The van der Waals surface area contributed by atoms with Crippen LogP contribution in [-0.4, -0.2) is 9.97 Å². The zero-order chi connectivity index (χ0) is 11.7. The largest absolute Gasteiger partial charge is 0.233 e. The molecule has 16 heavy (non-hydrogen) atoms. The number of aryl methyl sites for hydroxylation is 2. The minimum Gasteiger partial charge on any atom is -0.233 e. The van der Waals surface area contributed by atoms with Crippen LogP contribution in [0.2, 0.25) is 0 Å². The molecule has 0 unspecified atom stereocenters. The second-order valence-corrected chi connectivity index (χ2v) is 4.45. The Morgan fingerprint density at radius 1 is 1.06 bits per heavy atom. The molecule has 2 rings (SSSR count). The molecule has 1 heterocycles. The van der Waals surface area contributed by atoms with Crippen LogP contribution in [0.4, 0.5) is 4.39 Å². The fourth-order valence-corrected chi connectivity index (χ4v) is 1.94. The van der Waals surface area contributed by atoms with Gasteiger partial charge in [-0.25, -0.2) is 14.4 Å². The highest BCUT2D eigenvalue weighted by Gasteiger charge is 2.11. The van der Waals surface area contributed by atoms with Gasteiger partial charge in [-0.15, -0.1) is 0 Å². The molecular weight excluding hydrogens is 271 g/mol. The second-order valence-electron chi connectivity index (χ2n) is 3.70. The van der Waals surface area contributed by atoms with E-state index in [0.29, 0.717) is 5.69 Å². The standard InChI is InChI=1S/C12H10BrFN2/c1-7-3-8(2)5-9(4-7)11-10(14)12(13)16-6-15-11/h3-6H,1-2H3. The zero-order valence-corrected chi connectivity index (χ0v) is 10.5. The maximum Gasteiger partial charge on any atom is 0.182 e. The summed E-state index contributed by atoms with van der Waals surface area (Å²) in [6.45, 7) is 3.95. The van der Waals surface area contributed by atoms with E-state index < -0.39 is 5.82 Å². The fraction of sp³-hybridized carbons (Fsp3) is 0.167. The minimum atomic E-state index is -0.424. The Bertz CT molecular complexity index is 520. The van der Waals surface area contributed by atoms with E-state index in [1.54, 1.807) is 0 Å². The number of rotatable bonds is 1. The smallest absolute Gasteiger partial charge is 0.182 e. The molecule has 0 saturated carbocycles. The van der Waals surface area contributed by atoms with Gasteiger partial charge in [0, 0.05) is 5.56 Å². The molecule has 2 nitrogen and oxygen atoms in total. The first-order valence-electron chi connectivity index (χ1n) is 4.82. The van der Waals surface area contributed by atoms with Gasteiger partial charge in [-0.1, -0.05) is 17.2 Å². The summed E-state index contributed by atoms with van der Waals surface area (Å²) in [6.07, 6.45) is 1.35. The van der Waals surface area contributed by atoms with Gasteiger partial charge in [0.1, 0.15) is 16.6 Å². The lowest BCUT2D eigenvalue weighted by molar-refractivity contribution is 0.609. The molecule has 0 fully saturated rings. The second kappa shape index (κ2) is 4.29. The summed E-state index contributed by atoms with van der Waals surface area (Å²) in [5.74, 6) is -0.424. The Kier molecular flexibility index (Phi) is 3.01. The van der Waals surface area contributed by atoms with Crippen molar-refractivity contribution in [3.8, 4) is 11.3 Å². The highest BCUT2D eigenvalue weighted by molar-refractivity contribution is 9.10. The van der Waals surface area contributed by atoms with Crippen molar-refractivity contribution in [2.45, 2.75) is 13.8 Å². The fourth-order valence-electron chi connectivity index (χ4n) is 1.66.